The Labute approximate surface area is 99.8 Å². The first-order valence-corrected chi connectivity index (χ1v) is 6.15. The third-order valence-electron chi connectivity index (χ3n) is 3.43. The first kappa shape index (κ1) is 12.2. The smallest absolute Gasteiger partial charge is 0.166 e. The Bertz CT molecular complexity index is 409. The summed E-state index contributed by atoms with van der Waals surface area (Å²) in [6.45, 7) is 0. The number of Topliss-reactive ketones (excluding diaryl/α,β-unsaturated/α-hetero) is 1. The first-order valence-electron chi connectivity index (χ1n) is 6.15. The molecule has 0 radical (unpaired) electrons. The van der Waals surface area contributed by atoms with Crippen LogP contribution in [0.1, 0.15) is 48.9 Å². The number of halogens is 2. The van der Waals surface area contributed by atoms with Crippen molar-refractivity contribution in [3.05, 3.63) is 35.4 Å². The molecule has 0 aromatic heterocycles. The quantitative estimate of drug-likeness (QED) is 0.724. The van der Waals surface area contributed by atoms with Crippen LogP contribution in [0, 0.1) is 17.6 Å². The summed E-state index contributed by atoms with van der Waals surface area (Å²) in [4.78, 5) is 11.9. The number of hydrogen-bond donors (Lipinski definition) is 0. The van der Waals surface area contributed by atoms with Crippen LogP contribution in [0.5, 0.6) is 0 Å². The van der Waals surface area contributed by atoms with Crippen LogP contribution in [-0.4, -0.2) is 5.78 Å². The van der Waals surface area contributed by atoms with Crippen LogP contribution < -0.4 is 0 Å². The molecule has 1 aliphatic rings. The highest BCUT2D eigenvalue weighted by molar-refractivity contribution is 5.96. The number of carbonyl (C=O) groups excluding carboxylic acids is 1. The molecular formula is C14H16F2O. The second-order valence-corrected chi connectivity index (χ2v) is 4.76. The van der Waals surface area contributed by atoms with Gasteiger partial charge in [0, 0.05) is 12.5 Å². The van der Waals surface area contributed by atoms with E-state index < -0.39 is 11.6 Å². The molecule has 3 heteroatoms. The van der Waals surface area contributed by atoms with Crippen molar-refractivity contribution in [2.75, 3.05) is 0 Å². The third kappa shape index (κ3) is 3.11. The molecule has 1 aromatic rings. The van der Waals surface area contributed by atoms with Gasteiger partial charge in [-0.3, -0.25) is 4.79 Å². The van der Waals surface area contributed by atoms with Crippen molar-refractivity contribution in [2.24, 2.45) is 5.92 Å². The summed E-state index contributed by atoms with van der Waals surface area (Å²) in [6, 6.07) is 3.15. The second kappa shape index (κ2) is 5.39. The van der Waals surface area contributed by atoms with Gasteiger partial charge >= 0.3 is 0 Å². The summed E-state index contributed by atoms with van der Waals surface area (Å²) in [7, 11) is 0. The van der Waals surface area contributed by atoms with Gasteiger partial charge in [-0.05, 0) is 18.1 Å². The molecule has 1 fully saturated rings. The average molecular weight is 238 g/mol. The lowest BCUT2D eigenvalue weighted by atomic mass is 9.85. The lowest BCUT2D eigenvalue weighted by molar-refractivity contribution is 0.0946. The molecule has 0 aliphatic heterocycles. The molecule has 0 N–H and O–H groups in total. The first-order chi connectivity index (χ1) is 8.16. The highest BCUT2D eigenvalue weighted by atomic mass is 19.1. The van der Waals surface area contributed by atoms with Gasteiger partial charge in [-0.25, -0.2) is 8.78 Å². The third-order valence-corrected chi connectivity index (χ3v) is 3.43. The van der Waals surface area contributed by atoms with E-state index in [-0.39, 0.29) is 11.3 Å². The van der Waals surface area contributed by atoms with E-state index >= 15 is 0 Å². The Morgan fingerprint density at radius 1 is 1.18 bits per heavy atom. The van der Waals surface area contributed by atoms with Crippen LogP contribution in [-0.2, 0) is 0 Å². The van der Waals surface area contributed by atoms with Gasteiger partial charge in [-0.15, -0.1) is 0 Å². The van der Waals surface area contributed by atoms with Gasteiger partial charge in [0.2, 0.25) is 0 Å². The summed E-state index contributed by atoms with van der Waals surface area (Å²) in [5.74, 6) is -1.21. The number of carbonyl (C=O) groups is 1. The van der Waals surface area contributed by atoms with Crippen molar-refractivity contribution in [3.63, 3.8) is 0 Å². The van der Waals surface area contributed by atoms with Gasteiger partial charge in [0.1, 0.15) is 11.6 Å². The van der Waals surface area contributed by atoms with E-state index in [1.165, 1.54) is 12.5 Å². The number of rotatable bonds is 3. The van der Waals surface area contributed by atoms with Crippen LogP contribution in [0.3, 0.4) is 0 Å². The molecule has 0 saturated heterocycles. The van der Waals surface area contributed by atoms with Crippen molar-refractivity contribution >= 4 is 5.78 Å². The normalized spacial score (nSPS) is 17.1. The zero-order valence-electron chi connectivity index (χ0n) is 9.72. The van der Waals surface area contributed by atoms with Gasteiger partial charge in [0.05, 0.1) is 5.56 Å². The highest BCUT2D eigenvalue weighted by Crippen LogP contribution is 2.27. The minimum atomic E-state index is -0.745. The van der Waals surface area contributed by atoms with Crippen LogP contribution >= 0.6 is 0 Å². The predicted octanol–water partition coefficient (Wildman–Crippen LogP) is 4.12. The summed E-state index contributed by atoms with van der Waals surface area (Å²) in [5.41, 5.74) is 0.0250. The molecule has 2 rings (SSSR count). The molecule has 0 heterocycles. The molecule has 1 saturated carbocycles. The molecule has 1 nitrogen and oxygen atoms in total. The maximum atomic E-state index is 13.4. The fraction of sp³-hybridized carbons (Fsp3) is 0.500. The van der Waals surface area contributed by atoms with Crippen molar-refractivity contribution in [3.8, 4) is 0 Å². The fourth-order valence-corrected chi connectivity index (χ4v) is 2.48. The van der Waals surface area contributed by atoms with E-state index in [9.17, 15) is 13.6 Å². The number of benzene rings is 1. The lowest BCUT2D eigenvalue weighted by Crippen LogP contribution is -2.13. The maximum Gasteiger partial charge on any atom is 0.166 e. The van der Waals surface area contributed by atoms with Crippen molar-refractivity contribution in [1.82, 2.24) is 0 Å². The van der Waals surface area contributed by atoms with E-state index in [1.54, 1.807) is 0 Å². The molecule has 1 aromatic carbocycles. The Hall–Kier alpha value is -1.25. The lowest BCUT2D eigenvalue weighted by Gasteiger charge is -2.20. The number of ketones is 1. The Morgan fingerprint density at radius 3 is 2.53 bits per heavy atom. The van der Waals surface area contributed by atoms with Gasteiger partial charge in [-0.2, -0.15) is 0 Å². The Balaban J connectivity index is 2.03. The zero-order chi connectivity index (χ0) is 12.3. The SMILES string of the molecule is O=C(CC1CCCCC1)c1ccc(F)cc1F. The Kier molecular flexibility index (Phi) is 3.87. The molecule has 0 unspecified atom stereocenters. The van der Waals surface area contributed by atoms with Crippen LogP contribution in [0.25, 0.3) is 0 Å². The van der Waals surface area contributed by atoms with E-state index in [0.29, 0.717) is 12.3 Å². The van der Waals surface area contributed by atoms with Gasteiger partial charge in [0.25, 0.3) is 0 Å². The molecule has 0 spiro atoms. The van der Waals surface area contributed by atoms with Crippen molar-refractivity contribution in [2.45, 2.75) is 38.5 Å². The number of hydrogen-bond acceptors (Lipinski definition) is 1. The van der Waals surface area contributed by atoms with Gasteiger partial charge in [-0.1, -0.05) is 32.1 Å². The predicted molar refractivity (Wildman–Crippen MR) is 61.9 cm³/mol. The van der Waals surface area contributed by atoms with Crippen LogP contribution in [0.2, 0.25) is 0 Å². The monoisotopic (exact) mass is 238 g/mol. The molecule has 17 heavy (non-hydrogen) atoms. The summed E-state index contributed by atoms with van der Waals surface area (Å²) in [5, 5.41) is 0. The largest absolute Gasteiger partial charge is 0.294 e. The molecule has 92 valence electrons. The van der Waals surface area contributed by atoms with Crippen molar-refractivity contribution < 1.29 is 13.6 Å². The second-order valence-electron chi connectivity index (χ2n) is 4.76. The van der Waals surface area contributed by atoms with Gasteiger partial charge < -0.3 is 0 Å². The Morgan fingerprint density at radius 2 is 1.88 bits per heavy atom. The van der Waals surface area contributed by atoms with Gasteiger partial charge in [0.15, 0.2) is 5.78 Å². The highest BCUT2D eigenvalue weighted by Gasteiger charge is 2.20. The summed E-state index contributed by atoms with van der Waals surface area (Å²) >= 11 is 0. The minimum absolute atomic E-state index is 0.0250. The van der Waals surface area contributed by atoms with Crippen molar-refractivity contribution in [1.29, 1.82) is 0 Å². The standard InChI is InChI=1S/C14H16F2O/c15-11-6-7-12(13(16)9-11)14(17)8-10-4-2-1-3-5-10/h6-7,9-10H,1-5,8H2. The molecule has 0 amide bonds. The van der Waals surface area contributed by atoms with Crippen LogP contribution in [0.4, 0.5) is 8.78 Å². The molecule has 0 bridgehead atoms. The zero-order valence-corrected chi connectivity index (χ0v) is 9.72. The van der Waals surface area contributed by atoms with E-state index in [1.807, 2.05) is 0 Å². The van der Waals surface area contributed by atoms with E-state index in [4.69, 9.17) is 0 Å². The molecule has 0 atom stereocenters. The van der Waals surface area contributed by atoms with E-state index in [0.717, 1.165) is 37.8 Å². The average Bonchev–Trinajstić information content (AvgIpc) is 2.30. The summed E-state index contributed by atoms with van der Waals surface area (Å²) in [6.07, 6.45) is 6.04. The fourth-order valence-electron chi connectivity index (χ4n) is 2.48. The summed E-state index contributed by atoms with van der Waals surface area (Å²) < 4.78 is 26.1. The minimum Gasteiger partial charge on any atom is -0.294 e. The topological polar surface area (TPSA) is 17.1 Å². The maximum absolute atomic E-state index is 13.4. The molecular weight excluding hydrogens is 222 g/mol. The van der Waals surface area contributed by atoms with Crippen LogP contribution in [0.15, 0.2) is 18.2 Å². The van der Waals surface area contributed by atoms with E-state index in [2.05, 4.69) is 0 Å². The molecule has 1 aliphatic carbocycles.